The molecule has 1 aromatic carbocycles. The maximum atomic E-state index is 13.8. The molecule has 0 bridgehead atoms. The van der Waals surface area contributed by atoms with Crippen LogP contribution in [0.25, 0.3) is 0 Å². The second-order valence-electron chi connectivity index (χ2n) is 6.04. The molecule has 1 amide bonds. The number of amides is 1. The van der Waals surface area contributed by atoms with Crippen LogP contribution in [-0.4, -0.2) is 29.2 Å². The van der Waals surface area contributed by atoms with E-state index in [0.29, 0.717) is 18.4 Å². The summed E-state index contributed by atoms with van der Waals surface area (Å²) in [5, 5.41) is 3.64. The van der Waals surface area contributed by atoms with E-state index in [2.05, 4.69) is 15.3 Å². The summed E-state index contributed by atoms with van der Waals surface area (Å²) in [5.74, 6) is -0.350. The topological polar surface area (TPSA) is 64.1 Å². The van der Waals surface area contributed by atoms with Crippen LogP contribution in [0.1, 0.15) is 41.9 Å². The number of carbonyl (C=O) groups is 1. The highest BCUT2D eigenvalue weighted by Crippen LogP contribution is 2.22. The monoisotopic (exact) mass is 377 g/mol. The van der Waals surface area contributed by atoms with Gasteiger partial charge in [0, 0.05) is 17.8 Å². The van der Waals surface area contributed by atoms with Crippen LogP contribution in [0.2, 0.25) is 0 Å². The van der Waals surface area contributed by atoms with Gasteiger partial charge in [0.15, 0.2) is 16.7 Å². The van der Waals surface area contributed by atoms with Crippen molar-refractivity contribution in [1.82, 2.24) is 15.3 Å². The lowest BCUT2D eigenvalue weighted by molar-refractivity contribution is -0.121. The smallest absolute Gasteiger partial charge is 0.220 e. The average molecular weight is 377 g/mol. The number of carbonyl (C=O) groups excluding carboxylic acids is 1. The Labute approximate surface area is 157 Å². The van der Waals surface area contributed by atoms with Crippen LogP contribution in [0.15, 0.2) is 23.4 Å². The fourth-order valence-electron chi connectivity index (χ4n) is 2.75. The Kier molecular flexibility index (Phi) is 6.97. The first kappa shape index (κ1) is 20.2. The molecule has 140 valence electrons. The third kappa shape index (κ3) is 4.94. The summed E-state index contributed by atoms with van der Waals surface area (Å²) < 4.78 is 18.7. The molecule has 0 aliphatic heterocycles. The van der Waals surface area contributed by atoms with E-state index < -0.39 is 5.82 Å². The summed E-state index contributed by atoms with van der Waals surface area (Å²) in [6.45, 7) is 5.70. The summed E-state index contributed by atoms with van der Waals surface area (Å²) in [7, 11) is 1.42. The molecular formula is C19H24FN3O2S. The fourth-order valence-corrected chi connectivity index (χ4v) is 3.21. The van der Waals surface area contributed by atoms with Gasteiger partial charge < -0.3 is 10.1 Å². The maximum absolute atomic E-state index is 13.8. The largest absolute Gasteiger partial charge is 0.494 e. The Bertz CT molecular complexity index is 775. The number of methoxy groups -OCH3 is 1. The quantitative estimate of drug-likeness (QED) is 0.588. The van der Waals surface area contributed by atoms with Gasteiger partial charge in [0.2, 0.25) is 5.91 Å². The number of ether oxygens (including phenoxy) is 1. The molecule has 1 N–H and O–H groups in total. The lowest BCUT2D eigenvalue weighted by atomic mass is 10.1. The number of thioether (sulfide) groups is 1. The molecule has 5 nitrogen and oxygen atoms in total. The minimum Gasteiger partial charge on any atom is -0.494 e. The van der Waals surface area contributed by atoms with Gasteiger partial charge in [-0.3, -0.25) is 4.79 Å². The standard InChI is InChI=1S/C19H24FN3O2S/c1-11(14-6-8-17(25-4)16(20)10-14)21-18(24)9-7-15-12(2)22-19(26-5)23-13(15)3/h6,8,10-11H,7,9H2,1-5H3,(H,21,24)/t11-/m1/s1. The van der Waals surface area contributed by atoms with E-state index in [1.54, 1.807) is 12.1 Å². The minimum atomic E-state index is -0.441. The van der Waals surface area contributed by atoms with Crippen molar-refractivity contribution in [2.24, 2.45) is 0 Å². The molecule has 0 aliphatic carbocycles. The van der Waals surface area contributed by atoms with Crippen LogP contribution < -0.4 is 10.1 Å². The molecule has 0 saturated carbocycles. The normalized spacial score (nSPS) is 11.9. The number of hydrogen-bond acceptors (Lipinski definition) is 5. The van der Waals surface area contributed by atoms with Gasteiger partial charge in [-0.2, -0.15) is 0 Å². The Hall–Kier alpha value is -2.15. The van der Waals surface area contributed by atoms with Crippen LogP contribution >= 0.6 is 11.8 Å². The summed E-state index contributed by atoms with van der Waals surface area (Å²) in [5.41, 5.74) is 3.50. The molecule has 0 unspecified atom stereocenters. The number of nitrogens with one attached hydrogen (secondary N) is 1. The summed E-state index contributed by atoms with van der Waals surface area (Å²) >= 11 is 1.50. The van der Waals surface area contributed by atoms with Crippen LogP contribution in [0, 0.1) is 19.7 Å². The van der Waals surface area contributed by atoms with Crippen molar-refractivity contribution < 1.29 is 13.9 Å². The SMILES string of the molecule is COc1ccc([C@@H](C)NC(=O)CCc2c(C)nc(SC)nc2C)cc1F. The van der Waals surface area contributed by atoms with Gasteiger partial charge in [-0.15, -0.1) is 0 Å². The maximum Gasteiger partial charge on any atom is 0.220 e. The molecule has 0 spiro atoms. The summed E-state index contributed by atoms with van der Waals surface area (Å²) in [6, 6.07) is 4.40. The third-order valence-electron chi connectivity index (χ3n) is 4.24. The van der Waals surface area contributed by atoms with E-state index in [1.165, 1.54) is 24.9 Å². The lowest BCUT2D eigenvalue weighted by Gasteiger charge is -2.16. The van der Waals surface area contributed by atoms with Gasteiger partial charge in [-0.1, -0.05) is 17.8 Å². The van der Waals surface area contributed by atoms with Gasteiger partial charge in [0.1, 0.15) is 0 Å². The third-order valence-corrected chi connectivity index (χ3v) is 4.79. The van der Waals surface area contributed by atoms with Crippen molar-refractivity contribution in [3.63, 3.8) is 0 Å². The highest BCUT2D eigenvalue weighted by molar-refractivity contribution is 7.98. The van der Waals surface area contributed by atoms with Gasteiger partial charge in [-0.05, 0) is 56.7 Å². The second-order valence-corrected chi connectivity index (χ2v) is 6.82. The van der Waals surface area contributed by atoms with Crippen molar-refractivity contribution in [1.29, 1.82) is 0 Å². The number of aromatic nitrogens is 2. The average Bonchev–Trinajstić information content (AvgIpc) is 2.60. The van der Waals surface area contributed by atoms with Crippen molar-refractivity contribution >= 4 is 17.7 Å². The molecule has 0 fully saturated rings. The van der Waals surface area contributed by atoms with Gasteiger partial charge >= 0.3 is 0 Å². The molecule has 0 aliphatic rings. The van der Waals surface area contributed by atoms with E-state index in [9.17, 15) is 9.18 Å². The number of rotatable bonds is 7. The zero-order valence-corrected chi connectivity index (χ0v) is 16.5. The van der Waals surface area contributed by atoms with E-state index in [1.807, 2.05) is 27.0 Å². The van der Waals surface area contributed by atoms with Crippen LogP contribution in [0.3, 0.4) is 0 Å². The van der Waals surface area contributed by atoms with Crippen molar-refractivity contribution in [3.8, 4) is 5.75 Å². The lowest BCUT2D eigenvalue weighted by Crippen LogP contribution is -2.27. The molecule has 2 rings (SSSR count). The van der Waals surface area contributed by atoms with E-state index in [4.69, 9.17) is 4.74 Å². The fraction of sp³-hybridized carbons (Fsp3) is 0.421. The molecule has 7 heteroatoms. The summed E-state index contributed by atoms with van der Waals surface area (Å²) in [6.07, 6.45) is 2.83. The van der Waals surface area contributed by atoms with Crippen LogP contribution in [0.5, 0.6) is 5.75 Å². The second kappa shape index (κ2) is 8.98. The van der Waals surface area contributed by atoms with E-state index in [0.717, 1.165) is 22.1 Å². The van der Waals surface area contributed by atoms with Gasteiger partial charge in [0.05, 0.1) is 13.2 Å². The number of aryl methyl sites for hydroxylation is 2. The first-order chi connectivity index (χ1) is 12.3. The summed E-state index contributed by atoms with van der Waals surface area (Å²) in [4.78, 5) is 21.1. The van der Waals surface area contributed by atoms with Crippen molar-refractivity contribution in [3.05, 3.63) is 46.5 Å². The van der Waals surface area contributed by atoms with E-state index >= 15 is 0 Å². The van der Waals surface area contributed by atoms with E-state index in [-0.39, 0.29) is 17.7 Å². The number of halogens is 1. The van der Waals surface area contributed by atoms with Crippen LogP contribution in [-0.2, 0) is 11.2 Å². The number of nitrogens with zero attached hydrogens (tertiary/aromatic N) is 2. The van der Waals surface area contributed by atoms with Gasteiger partial charge in [0.25, 0.3) is 0 Å². The van der Waals surface area contributed by atoms with Crippen molar-refractivity contribution in [2.75, 3.05) is 13.4 Å². The molecule has 26 heavy (non-hydrogen) atoms. The zero-order chi connectivity index (χ0) is 19.3. The Morgan fingerprint density at radius 3 is 2.50 bits per heavy atom. The van der Waals surface area contributed by atoms with Crippen molar-refractivity contribution in [2.45, 2.75) is 44.8 Å². The highest BCUT2D eigenvalue weighted by Gasteiger charge is 2.14. The molecular weight excluding hydrogens is 353 g/mol. The first-order valence-corrected chi connectivity index (χ1v) is 9.59. The predicted octanol–water partition coefficient (Wildman–Crippen LogP) is 3.77. The number of benzene rings is 1. The van der Waals surface area contributed by atoms with Crippen LogP contribution in [0.4, 0.5) is 4.39 Å². The highest BCUT2D eigenvalue weighted by atomic mass is 32.2. The molecule has 0 radical (unpaired) electrons. The Balaban J connectivity index is 1.98. The predicted molar refractivity (Wildman–Crippen MR) is 101 cm³/mol. The Morgan fingerprint density at radius 2 is 1.96 bits per heavy atom. The molecule has 1 heterocycles. The molecule has 2 aromatic rings. The molecule has 1 atom stereocenters. The molecule has 1 aromatic heterocycles. The zero-order valence-electron chi connectivity index (χ0n) is 15.7. The number of hydrogen-bond donors (Lipinski definition) is 1. The Morgan fingerprint density at radius 1 is 1.31 bits per heavy atom. The van der Waals surface area contributed by atoms with Gasteiger partial charge in [-0.25, -0.2) is 14.4 Å². The first-order valence-electron chi connectivity index (χ1n) is 8.36. The molecule has 0 saturated heterocycles. The minimum absolute atomic E-state index is 0.0959.